The van der Waals surface area contributed by atoms with E-state index in [9.17, 15) is 34.5 Å². The molecule has 9 N–H and O–H groups in total. The number of carbonyl (C=O) groups excluding carboxylic acids is 3. The first-order chi connectivity index (χ1) is 17.9. The highest BCUT2D eigenvalue weighted by Crippen LogP contribution is 2.13. The number of nitrogens with zero attached hydrogens (tertiary/aromatic N) is 1. The van der Waals surface area contributed by atoms with Crippen molar-refractivity contribution in [3.05, 3.63) is 48.0 Å². The van der Waals surface area contributed by atoms with Crippen LogP contribution >= 0.6 is 0 Å². The van der Waals surface area contributed by atoms with Gasteiger partial charge in [-0.05, 0) is 37.0 Å². The number of carboxylic acids is 1. The van der Waals surface area contributed by atoms with Crippen molar-refractivity contribution in [2.24, 2.45) is 11.7 Å². The molecule has 0 aliphatic carbocycles. The summed E-state index contributed by atoms with van der Waals surface area (Å²) in [6, 6.07) is 1.08. The number of phenols is 1. The van der Waals surface area contributed by atoms with Crippen LogP contribution in [0.1, 0.15) is 38.4 Å². The van der Waals surface area contributed by atoms with Crippen LogP contribution in [0.3, 0.4) is 0 Å². The zero-order chi connectivity index (χ0) is 28.4. The van der Waals surface area contributed by atoms with Crippen molar-refractivity contribution in [2.75, 3.05) is 0 Å². The third-order valence-electron chi connectivity index (χ3n) is 5.77. The molecule has 1 heterocycles. The molecular formula is C25H36N6O7. The van der Waals surface area contributed by atoms with Crippen LogP contribution in [0, 0.1) is 5.92 Å². The molecule has 3 amide bonds. The Morgan fingerprint density at radius 3 is 2.03 bits per heavy atom. The molecule has 1 aromatic heterocycles. The fourth-order valence-electron chi connectivity index (χ4n) is 3.63. The number of nitrogens with two attached hydrogens (primary N) is 1. The first kappa shape index (κ1) is 30.3. The van der Waals surface area contributed by atoms with Crippen molar-refractivity contribution >= 4 is 23.7 Å². The summed E-state index contributed by atoms with van der Waals surface area (Å²) in [4.78, 5) is 57.5. The number of aliphatic hydroxyl groups excluding tert-OH is 1. The van der Waals surface area contributed by atoms with Gasteiger partial charge in [-0.15, -0.1) is 0 Å². The molecule has 5 atom stereocenters. The second-order valence-corrected chi connectivity index (χ2v) is 9.57. The lowest BCUT2D eigenvalue weighted by Crippen LogP contribution is -2.59. The van der Waals surface area contributed by atoms with Crippen molar-refractivity contribution in [3.8, 4) is 5.75 Å². The summed E-state index contributed by atoms with van der Waals surface area (Å²) in [6.45, 7) is 5.01. The standard InChI is InChI=1S/C25H36N6O7/c1-13(2)8-18(22(34)31-20(25(37)38)9-15-4-6-17(33)7-5-15)29-23(35)19(10-16-11-27-12-28-16)30-24(36)21(26)14(3)32/h4-7,11-14,18-21,32-33H,8-10,26H2,1-3H3,(H,27,28)(H,29,35)(H,30,36)(H,31,34)(H,37,38). The topological polar surface area (TPSA) is 220 Å². The molecule has 5 unspecified atom stereocenters. The zero-order valence-electron chi connectivity index (χ0n) is 21.5. The zero-order valence-corrected chi connectivity index (χ0v) is 21.5. The van der Waals surface area contributed by atoms with Crippen LogP contribution in [0.4, 0.5) is 0 Å². The summed E-state index contributed by atoms with van der Waals surface area (Å²) in [5, 5.41) is 36.4. The van der Waals surface area contributed by atoms with Gasteiger partial charge in [0, 0.05) is 24.7 Å². The van der Waals surface area contributed by atoms with Crippen molar-refractivity contribution < 1.29 is 34.5 Å². The van der Waals surface area contributed by atoms with Gasteiger partial charge in [-0.25, -0.2) is 9.78 Å². The molecule has 13 nitrogen and oxygen atoms in total. The van der Waals surface area contributed by atoms with Crippen molar-refractivity contribution in [2.45, 2.75) is 70.3 Å². The number of aliphatic carboxylic acids is 1. The smallest absolute Gasteiger partial charge is 0.326 e. The van der Waals surface area contributed by atoms with E-state index in [4.69, 9.17) is 5.73 Å². The molecule has 2 rings (SSSR count). The fourth-order valence-corrected chi connectivity index (χ4v) is 3.63. The number of H-pyrrole nitrogens is 1. The Labute approximate surface area is 220 Å². The Morgan fingerprint density at radius 2 is 1.50 bits per heavy atom. The van der Waals surface area contributed by atoms with Gasteiger partial charge >= 0.3 is 5.97 Å². The number of phenolic OH excluding ortho intramolecular Hbond substituents is 1. The molecular weight excluding hydrogens is 496 g/mol. The second-order valence-electron chi connectivity index (χ2n) is 9.57. The molecule has 2 aromatic rings. The molecule has 0 fully saturated rings. The normalized spacial score (nSPS) is 15.1. The van der Waals surface area contributed by atoms with E-state index < -0.39 is 54.0 Å². The number of benzene rings is 1. The minimum absolute atomic E-state index is 0.00127. The number of aromatic nitrogens is 2. The van der Waals surface area contributed by atoms with Gasteiger partial charge in [0.05, 0.1) is 12.4 Å². The molecule has 0 bridgehead atoms. The van der Waals surface area contributed by atoms with Gasteiger partial charge in [-0.1, -0.05) is 26.0 Å². The molecule has 0 aliphatic rings. The minimum atomic E-state index is -1.29. The minimum Gasteiger partial charge on any atom is -0.508 e. The maximum absolute atomic E-state index is 13.3. The van der Waals surface area contributed by atoms with Gasteiger partial charge in [0.1, 0.15) is 29.9 Å². The molecule has 1 aromatic carbocycles. The molecule has 0 spiro atoms. The predicted molar refractivity (Wildman–Crippen MR) is 137 cm³/mol. The maximum atomic E-state index is 13.3. The lowest BCUT2D eigenvalue weighted by molar-refractivity contribution is -0.142. The molecule has 13 heteroatoms. The number of carbonyl (C=O) groups is 4. The van der Waals surface area contributed by atoms with Crippen LogP contribution in [-0.4, -0.2) is 79.2 Å². The van der Waals surface area contributed by atoms with Gasteiger partial charge in [0.2, 0.25) is 17.7 Å². The number of rotatable bonds is 14. The summed E-state index contributed by atoms with van der Waals surface area (Å²) in [7, 11) is 0. The van der Waals surface area contributed by atoms with E-state index in [0.29, 0.717) is 11.3 Å². The molecule has 0 aliphatic heterocycles. The Bertz CT molecular complexity index is 1070. The van der Waals surface area contributed by atoms with Crippen LogP contribution in [-0.2, 0) is 32.0 Å². The number of aliphatic hydroxyl groups is 1. The van der Waals surface area contributed by atoms with E-state index in [-0.39, 0.29) is 30.9 Å². The van der Waals surface area contributed by atoms with E-state index >= 15 is 0 Å². The summed E-state index contributed by atoms with van der Waals surface area (Å²) in [5.41, 5.74) is 6.81. The first-order valence-corrected chi connectivity index (χ1v) is 12.2. The summed E-state index contributed by atoms with van der Waals surface area (Å²) in [6.07, 6.45) is 1.87. The lowest BCUT2D eigenvalue weighted by Gasteiger charge is -2.26. The van der Waals surface area contributed by atoms with Gasteiger partial charge in [0.25, 0.3) is 0 Å². The first-order valence-electron chi connectivity index (χ1n) is 12.2. The summed E-state index contributed by atoms with van der Waals surface area (Å²) >= 11 is 0. The van der Waals surface area contributed by atoms with E-state index in [1.54, 1.807) is 12.1 Å². The van der Waals surface area contributed by atoms with Crippen molar-refractivity contribution in [1.82, 2.24) is 25.9 Å². The van der Waals surface area contributed by atoms with Gasteiger partial charge < -0.3 is 42.0 Å². The highest BCUT2D eigenvalue weighted by molar-refractivity contribution is 5.94. The highest BCUT2D eigenvalue weighted by Gasteiger charge is 2.31. The number of hydrogen-bond acceptors (Lipinski definition) is 8. The molecule has 0 saturated heterocycles. The fraction of sp³-hybridized carbons (Fsp3) is 0.480. The van der Waals surface area contributed by atoms with Gasteiger partial charge in [-0.2, -0.15) is 0 Å². The quantitative estimate of drug-likeness (QED) is 0.152. The van der Waals surface area contributed by atoms with Crippen LogP contribution in [0.15, 0.2) is 36.8 Å². The predicted octanol–water partition coefficient (Wildman–Crippen LogP) is -0.806. The second kappa shape index (κ2) is 14.1. The Balaban J connectivity index is 2.19. The summed E-state index contributed by atoms with van der Waals surface area (Å²) in [5.74, 6) is -3.45. The van der Waals surface area contributed by atoms with E-state index in [1.165, 1.54) is 31.6 Å². The van der Waals surface area contributed by atoms with Crippen molar-refractivity contribution in [1.29, 1.82) is 0 Å². The SMILES string of the molecule is CC(C)CC(NC(=O)C(Cc1cnc[nH]1)NC(=O)C(N)C(C)O)C(=O)NC(Cc1ccc(O)cc1)C(=O)O. The number of carboxylic acid groups (broad SMARTS) is 1. The van der Waals surface area contributed by atoms with Crippen LogP contribution < -0.4 is 21.7 Å². The van der Waals surface area contributed by atoms with E-state index in [0.717, 1.165) is 0 Å². The number of hydrogen-bond donors (Lipinski definition) is 8. The largest absolute Gasteiger partial charge is 0.508 e. The number of aromatic amines is 1. The average molecular weight is 533 g/mol. The molecule has 38 heavy (non-hydrogen) atoms. The monoisotopic (exact) mass is 532 g/mol. The Morgan fingerprint density at radius 1 is 0.921 bits per heavy atom. The number of aromatic hydroxyl groups is 1. The van der Waals surface area contributed by atoms with E-state index in [1.807, 2.05) is 13.8 Å². The van der Waals surface area contributed by atoms with Crippen molar-refractivity contribution in [3.63, 3.8) is 0 Å². The summed E-state index contributed by atoms with van der Waals surface area (Å²) < 4.78 is 0. The number of amides is 3. The molecule has 0 saturated carbocycles. The third kappa shape index (κ3) is 9.48. The number of nitrogens with one attached hydrogen (secondary N) is 4. The van der Waals surface area contributed by atoms with Crippen LogP contribution in [0.2, 0.25) is 0 Å². The highest BCUT2D eigenvalue weighted by atomic mass is 16.4. The Hall–Kier alpha value is -3.97. The number of imidazole rings is 1. The van der Waals surface area contributed by atoms with E-state index in [2.05, 4.69) is 25.9 Å². The molecule has 208 valence electrons. The Kier molecular flexibility index (Phi) is 11.2. The maximum Gasteiger partial charge on any atom is 0.326 e. The lowest BCUT2D eigenvalue weighted by atomic mass is 10.0. The van der Waals surface area contributed by atoms with Gasteiger partial charge in [0.15, 0.2) is 0 Å². The molecule has 0 radical (unpaired) electrons. The van der Waals surface area contributed by atoms with Gasteiger partial charge in [-0.3, -0.25) is 14.4 Å². The average Bonchev–Trinajstić information content (AvgIpc) is 3.36. The van der Waals surface area contributed by atoms with Crippen LogP contribution in [0.25, 0.3) is 0 Å². The van der Waals surface area contributed by atoms with Crippen LogP contribution in [0.5, 0.6) is 5.75 Å². The third-order valence-corrected chi connectivity index (χ3v) is 5.77.